The van der Waals surface area contributed by atoms with Gasteiger partial charge in [0.15, 0.2) is 0 Å². The Morgan fingerprint density at radius 2 is 2.16 bits per heavy atom. The van der Waals surface area contributed by atoms with E-state index in [1.165, 1.54) is 5.56 Å². The average Bonchev–Trinajstić information content (AvgIpc) is 2.30. The summed E-state index contributed by atoms with van der Waals surface area (Å²) in [6.07, 6.45) is 0.236. The molecule has 3 nitrogen and oxygen atoms in total. The molecule has 2 unspecified atom stereocenters. The topological polar surface area (TPSA) is 38.5 Å². The smallest absolute Gasteiger partial charge is 0.0757 e. The lowest BCUT2D eigenvalue weighted by atomic mass is 9.99. The zero-order valence-corrected chi connectivity index (χ0v) is 13.5. The van der Waals surface area contributed by atoms with Gasteiger partial charge in [0.2, 0.25) is 0 Å². The molecule has 2 rings (SSSR count). The van der Waals surface area contributed by atoms with Gasteiger partial charge in [-0.2, -0.15) is 0 Å². The number of rotatable bonds is 3. The van der Waals surface area contributed by atoms with Crippen LogP contribution in [-0.2, 0) is 4.74 Å². The Morgan fingerprint density at radius 3 is 2.74 bits per heavy atom. The molecule has 1 aromatic carbocycles. The van der Waals surface area contributed by atoms with E-state index in [4.69, 9.17) is 10.5 Å². The second-order valence-electron chi connectivity index (χ2n) is 5.89. The fourth-order valence-electron chi connectivity index (χ4n) is 2.96. The first-order valence-corrected chi connectivity index (χ1v) is 7.58. The Balaban J connectivity index is 2.25. The molecule has 1 aliphatic rings. The van der Waals surface area contributed by atoms with E-state index in [9.17, 15) is 0 Å². The summed E-state index contributed by atoms with van der Waals surface area (Å²) in [5, 5.41) is 0. The summed E-state index contributed by atoms with van der Waals surface area (Å²) in [7, 11) is 0. The van der Waals surface area contributed by atoms with Crippen molar-refractivity contribution in [1.82, 2.24) is 4.90 Å². The second kappa shape index (κ2) is 5.92. The summed E-state index contributed by atoms with van der Waals surface area (Å²) in [5.41, 5.74) is 7.18. The van der Waals surface area contributed by atoms with Crippen molar-refractivity contribution >= 4 is 15.9 Å². The van der Waals surface area contributed by atoms with Crippen LogP contribution in [0.15, 0.2) is 28.7 Å². The highest BCUT2D eigenvalue weighted by atomic mass is 79.9. The third kappa shape index (κ3) is 3.57. The fraction of sp³-hybridized carbons (Fsp3) is 0.600. The largest absolute Gasteiger partial charge is 0.370 e. The lowest BCUT2D eigenvalue weighted by Gasteiger charge is -2.45. The van der Waals surface area contributed by atoms with Crippen LogP contribution in [0, 0.1) is 0 Å². The van der Waals surface area contributed by atoms with Gasteiger partial charge in [-0.3, -0.25) is 4.90 Å². The molecular formula is C15H23BrN2O. The van der Waals surface area contributed by atoms with E-state index in [1.807, 2.05) is 6.07 Å². The molecule has 0 amide bonds. The molecule has 0 aliphatic carbocycles. The number of benzene rings is 1. The zero-order chi connectivity index (χ0) is 14.0. The Kier molecular flexibility index (Phi) is 4.66. The van der Waals surface area contributed by atoms with Crippen molar-refractivity contribution < 1.29 is 4.74 Å². The molecular weight excluding hydrogens is 304 g/mol. The summed E-state index contributed by atoms with van der Waals surface area (Å²) in [6.45, 7) is 8.85. The van der Waals surface area contributed by atoms with Crippen molar-refractivity contribution in [2.45, 2.75) is 38.5 Å². The van der Waals surface area contributed by atoms with Crippen LogP contribution >= 0.6 is 15.9 Å². The van der Waals surface area contributed by atoms with Crippen LogP contribution in [-0.4, -0.2) is 36.2 Å². The molecule has 0 radical (unpaired) electrons. The lowest BCUT2D eigenvalue weighted by Crippen LogP contribution is -2.53. The molecule has 1 heterocycles. The van der Waals surface area contributed by atoms with Gasteiger partial charge in [-0.1, -0.05) is 34.1 Å². The van der Waals surface area contributed by atoms with Crippen molar-refractivity contribution in [2.75, 3.05) is 19.6 Å². The number of ether oxygens (including phenoxy) is 1. The Labute approximate surface area is 124 Å². The van der Waals surface area contributed by atoms with Crippen molar-refractivity contribution in [3.8, 4) is 0 Å². The minimum atomic E-state index is -0.119. The van der Waals surface area contributed by atoms with E-state index in [1.54, 1.807) is 0 Å². The molecule has 1 saturated heterocycles. The Bertz CT molecular complexity index is 436. The third-order valence-electron chi connectivity index (χ3n) is 3.52. The van der Waals surface area contributed by atoms with E-state index in [2.05, 4.69) is 59.8 Å². The molecule has 4 heteroatoms. The number of nitrogens with two attached hydrogens (primary N) is 1. The van der Waals surface area contributed by atoms with Gasteiger partial charge < -0.3 is 10.5 Å². The summed E-state index contributed by atoms with van der Waals surface area (Å²) in [6, 6.07) is 8.56. The van der Waals surface area contributed by atoms with Crippen LogP contribution in [0.25, 0.3) is 0 Å². The number of halogens is 1. The van der Waals surface area contributed by atoms with Gasteiger partial charge >= 0.3 is 0 Å². The molecule has 19 heavy (non-hydrogen) atoms. The average molecular weight is 327 g/mol. The van der Waals surface area contributed by atoms with Crippen LogP contribution in [0.4, 0.5) is 0 Å². The maximum atomic E-state index is 6.04. The zero-order valence-electron chi connectivity index (χ0n) is 11.9. The molecule has 1 aliphatic heterocycles. The molecule has 1 fully saturated rings. The first-order valence-electron chi connectivity index (χ1n) is 6.79. The predicted octanol–water partition coefficient (Wildman–Crippen LogP) is 2.95. The molecule has 0 spiro atoms. The third-order valence-corrected chi connectivity index (χ3v) is 4.25. The van der Waals surface area contributed by atoms with E-state index in [-0.39, 0.29) is 17.7 Å². The summed E-state index contributed by atoms with van der Waals surface area (Å²) in [4.78, 5) is 2.44. The second-order valence-corrected chi connectivity index (χ2v) is 6.74. The number of hydrogen-bond acceptors (Lipinski definition) is 3. The first-order chi connectivity index (χ1) is 8.93. The van der Waals surface area contributed by atoms with Crippen molar-refractivity contribution in [2.24, 2.45) is 5.73 Å². The van der Waals surface area contributed by atoms with Crippen molar-refractivity contribution in [3.63, 3.8) is 0 Å². The van der Waals surface area contributed by atoms with Crippen LogP contribution in [0.1, 0.15) is 32.4 Å². The monoisotopic (exact) mass is 326 g/mol. The van der Waals surface area contributed by atoms with Gasteiger partial charge in [-0.25, -0.2) is 0 Å². The first kappa shape index (κ1) is 15.0. The highest BCUT2D eigenvalue weighted by Gasteiger charge is 2.35. The lowest BCUT2D eigenvalue weighted by molar-refractivity contribution is -0.137. The van der Waals surface area contributed by atoms with Gasteiger partial charge in [0, 0.05) is 30.1 Å². The van der Waals surface area contributed by atoms with E-state index < -0.39 is 0 Å². The molecule has 2 N–H and O–H groups in total. The van der Waals surface area contributed by atoms with Crippen LogP contribution in [0.2, 0.25) is 0 Å². The van der Waals surface area contributed by atoms with Crippen LogP contribution < -0.4 is 5.73 Å². The van der Waals surface area contributed by atoms with Crippen LogP contribution in [0.3, 0.4) is 0 Å². The van der Waals surface area contributed by atoms with E-state index in [0.29, 0.717) is 6.54 Å². The fourth-order valence-corrected chi connectivity index (χ4v) is 3.51. The van der Waals surface area contributed by atoms with Gasteiger partial charge in [-0.05, 0) is 32.4 Å². The van der Waals surface area contributed by atoms with E-state index >= 15 is 0 Å². The summed E-state index contributed by atoms with van der Waals surface area (Å²) >= 11 is 3.63. The van der Waals surface area contributed by atoms with Gasteiger partial charge in [0.25, 0.3) is 0 Å². The minimum absolute atomic E-state index is 0.119. The van der Waals surface area contributed by atoms with Gasteiger partial charge in [-0.15, -0.1) is 0 Å². The molecule has 0 aromatic heterocycles. The normalized spacial score (nSPS) is 25.2. The summed E-state index contributed by atoms with van der Waals surface area (Å²) in [5.74, 6) is 0. The van der Waals surface area contributed by atoms with E-state index in [0.717, 1.165) is 17.6 Å². The molecule has 106 valence electrons. The van der Waals surface area contributed by atoms with Gasteiger partial charge in [0.05, 0.1) is 11.7 Å². The molecule has 2 atom stereocenters. The molecule has 0 saturated carbocycles. The number of hydrogen-bond donors (Lipinski definition) is 1. The number of nitrogens with zero attached hydrogens (tertiary/aromatic N) is 1. The summed E-state index contributed by atoms with van der Waals surface area (Å²) < 4.78 is 7.10. The highest BCUT2D eigenvalue weighted by molar-refractivity contribution is 9.10. The number of morpholine rings is 1. The maximum absolute atomic E-state index is 6.04. The highest BCUT2D eigenvalue weighted by Crippen LogP contribution is 2.31. The SMILES string of the molecule is CC1CN(C(CN)c2ccccc2Br)CC(C)(C)O1. The predicted molar refractivity (Wildman–Crippen MR) is 82.1 cm³/mol. The molecule has 0 bridgehead atoms. The van der Waals surface area contributed by atoms with Crippen molar-refractivity contribution in [1.29, 1.82) is 0 Å². The minimum Gasteiger partial charge on any atom is -0.370 e. The van der Waals surface area contributed by atoms with Crippen LogP contribution in [0.5, 0.6) is 0 Å². The Hall–Kier alpha value is -0.420. The quantitative estimate of drug-likeness (QED) is 0.928. The maximum Gasteiger partial charge on any atom is 0.0757 e. The molecule has 1 aromatic rings. The standard InChI is InChI=1S/C15H23BrN2O/c1-11-9-18(10-15(2,3)19-11)14(8-17)12-6-4-5-7-13(12)16/h4-7,11,14H,8-10,17H2,1-3H3. The van der Waals surface area contributed by atoms with Gasteiger partial charge in [0.1, 0.15) is 0 Å². The van der Waals surface area contributed by atoms with Crippen molar-refractivity contribution in [3.05, 3.63) is 34.3 Å². The Morgan fingerprint density at radius 1 is 1.47 bits per heavy atom.